The second-order valence-corrected chi connectivity index (χ2v) is 8.43. The number of hydrogen-bond donors (Lipinski definition) is 3. The van der Waals surface area contributed by atoms with Gasteiger partial charge in [0, 0.05) is 32.5 Å². The number of halogens is 1. The summed E-state index contributed by atoms with van der Waals surface area (Å²) in [5.41, 5.74) is 1.09. The third-order valence-electron chi connectivity index (χ3n) is 4.20. The van der Waals surface area contributed by atoms with Crippen LogP contribution in [-0.2, 0) is 9.84 Å². The zero-order valence-corrected chi connectivity index (χ0v) is 20.1. The third kappa shape index (κ3) is 7.44. The summed E-state index contributed by atoms with van der Waals surface area (Å²) in [6, 6.07) is 13.8. The van der Waals surface area contributed by atoms with Crippen molar-refractivity contribution in [2.45, 2.75) is 17.9 Å². The highest BCUT2D eigenvalue weighted by Gasteiger charge is 2.18. The predicted octanol–water partition coefficient (Wildman–Crippen LogP) is 2.95. The number of nitrogens with one attached hydrogen (secondary N) is 3. The number of sulfone groups is 1. The van der Waals surface area contributed by atoms with E-state index in [1.54, 1.807) is 7.05 Å². The van der Waals surface area contributed by atoms with Crippen molar-refractivity contribution < 1.29 is 13.3 Å². The minimum atomic E-state index is -3.52. The SMILES string of the molecule is CN=C(NCCNc1ccc(S(C)(=O)=O)cc1[N+](=O)[O-])NC(C)c1ccccc1.I. The maximum Gasteiger partial charge on any atom is 0.293 e. The molecule has 2 aromatic rings. The Labute approximate surface area is 193 Å². The molecule has 2 aromatic carbocycles. The van der Waals surface area contributed by atoms with E-state index in [9.17, 15) is 18.5 Å². The second kappa shape index (κ2) is 11.7. The van der Waals surface area contributed by atoms with Crippen LogP contribution in [-0.4, -0.2) is 45.7 Å². The number of nitro benzene ring substituents is 1. The first-order chi connectivity index (χ1) is 13.7. The van der Waals surface area contributed by atoms with E-state index in [1.807, 2.05) is 37.3 Å². The van der Waals surface area contributed by atoms with Crippen molar-refractivity contribution in [2.24, 2.45) is 4.99 Å². The number of benzene rings is 2. The van der Waals surface area contributed by atoms with Crippen LogP contribution in [0.25, 0.3) is 0 Å². The van der Waals surface area contributed by atoms with Crippen LogP contribution in [0.3, 0.4) is 0 Å². The smallest absolute Gasteiger partial charge is 0.293 e. The molecule has 0 saturated carbocycles. The van der Waals surface area contributed by atoms with Gasteiger partial charge >= 0.3 is 0 Å². The van der Waals surface area contributed by atoms with Crippen LogP contribution >= 0.6 is 24.0 Å². The van der Waals surface area contributed by atoms with Crippen LogP contribution in [0.15, 0.2) is 58.4 Å². The van der Waals surface area contributed by atoms with Crippen LogP contribution in [0.1, 0.15) is 18.5 Å². The Morgan fingerprint density at radius 3 is 2.40 bits per heavy atom. The van der Waals surface area contributed by atoms with E-state index in [-0.39, 0.29) is 46.3 Å². The highest BCUT2D eigenvalue weighted by atomic mass is 127. The number of rotatable bonds is 8. The fourth-order valence-electron chi connectivity index (χ4n) is 2.65. The van der Waals surface area contributed by atoms with Crippen LogP contribution in [0.2, 0.25) is 0 Å². The van der Waals surface area contributed by atoms with E-state index < -0.39 is 14.8 Å². The Hall–Kier alpha value is -2.41. The predicted molar refractivity (Wildman–Crippen MR) is 129 cm³/mol. The maximum absolute atomic E-state index is 11.6. The van der Waals surface area contributed by atoms with Crippen molar-refractivity contribution in [1.82, 2.24) is 10.6 Å². The van der Waals surface area contributed by atoms with Crippen molar-refractivity contribution in [3.63, 3.8) is 0 Å². The molecule has 0 heterocycles. The van der Waals surface area contributed by atoms with Gasteiger partial charge in [-0.25, -0.2) is 8.42 Å². The van der Waals surface area contributed by atoms with Crippen molar-refractivity contribution in [1.29, 1.82) is 0 Å². The number of nitrogens with zero attached hydrogens (tertiary/aromatic N) is 2. The molecule has 0 aromatic heterocycles. The molecule has 0 amide bonds. The van der Waals surface area contributed by atoms with Gasteiger partial charge in [0.15, 0.2) is 15.8 Å². The first kappa shape index (κ1) is 25.6. The molecule has 2 rings (SSSR count). The Kier molecular flexibility index (Phi) is 9.99. The van der Waals surface area contributed by atoms with Crippen LogP contribution < -0.4 is 16.0 Å². The average molecular weight is 547 g/mol. The van der Waals surface area contributed by atoms with E-state index in [2.05, 4.69) is 20.9 Å². The van der Waals surface area contributed by atoms with Crippen LogP contribution in [0.5, 0.6) is 0 Å². The van der Waals surface area contributed by atoms with E-state index >= 15 is 0 Å². The molecule has 0 spiro atoms. The molecule has 3 N–H and O–H groups in total. The zero-order chi connectivity index (χ0) is 21.4. The van der Waals surface area contributed by atoms with Crippen molar-refractivity contribution in [3.05, 3.63) is 64.2 Å². The molecule has 0 aliphatic heterocycles. The summed E-state index contributed by atoms with van der Waals surface area (Å²) < 4.78 is 23.2. The lowest BCUT2D eigenvalue weighted by Gasteiger charge is -2.18. The van der Waals surface area contributed by atoms with Gasteiger partial charge in [-0.15, -0.1) is 24.0 Å². The summed E-state index contributed by atoms with van der Waals surface area (Å²) in [5, 5.41) is 20.6. The van der Waals surface area contributed by atoms with E-state index in [1.165, 1.54) is 12.1 Å². The molecular weight excluding hydrogens is 521 g/mol. The molecular formula is C19H26IN5O4S. The lowest BCUT2D eigenvalue weighted by atomic mass is 10.1. The van der Waals surface area contributed by atoms with Crippen LogP contribution in [0, 0.1) is 10.1 Å². The number of guanidine groups is 1. The molecule has 1 unspecified atom stereocenters. The molecule has 0 aliphatic rings. The van der Waals surface area contributed by atoms with Gasteiger partial charge in [0.1, 0.15) is 5.69 Å². The monoisotopic (exact) mass is 547 g/mol. The fraction of sp³-hybridized carbons (Fsp3) is 0.316. The molecule has 30 heavy (non-hydrogen) atoms. The summed E-state index contributed by atoms with van der Waals surface area (Å²) in [5.74, 6) is 0.602. The molecule has 11 heteroatoms. The summed E-state index contributed by atoms with van der Waals surface area (Å²) in [4.78, 5) is 14.7. The highest BCUT2D eigenvalue weighted by molar-refractivity contribution is 14.0. The zero-order valence-electron chi connectivity index (χ0n) is 17.0. The Balaban J connectivity index is 0.00000450. The lowest BCUT2D eigenvalue weighted by molar-refractivity contribution is -0.384. The van der Waals surface area contributed by atoms with Crippen LogP contribution in [0.4, 0.5) is 11.4 Å². The molecule has 0 fully saturated rings. The maximum atomic E-state index is 11.6. The molecule has 0 radical (unpaired) electrons. The van der Waals surface area contributed by atoms with E-state index in [0.717, 1.165) is 17.9 Å². The summed E-state index contributed by atoms with van der Waals surface area (Å²) in [6.07, 6.45) is 1.01. The van der Waals surface area contributed by atoms with Gasteiger partial charge in [0.2, 0.25) is 0 Å². The summed E-state index contributed by atoms with van der Waals surface area (Å²) in [6.45, 7) is 2.85. The molecule has 0 saturated heterocycles. The van der Waals surface area contributed by atoms with E-state index in [0.29, 0.717) is 19.0 Å². The third-order valence-corrected chi connectivity index (χ3v) is 5.31. The summed E-state index contributed by atoms with van der Waals surface area (Å²) in [7, 11) is -1.86. The van der Waals surface area contributed by atoms with Crippen molar-refractivity contribution >= 4 is 51.1 Å². The van der Waals surface area contributed by atoms with E-state index in [4.69, 9.17) is 0 Å². The fourth-order valence-corrected chi connectivity index (χ4v) is 3.29. The average Bonchev–Trinajstić information content (AvgIpc) is 2.69. The van der Waals surface area contributed by atoms with Crippen molar-refractivity contribution in [3.8, 4) is 0 Å². The Morgan fingerprint density at radius 1 is 1.17 bits per heavy atom. The standard InChI is InChI=1S/C19H25N5O4S.HI/c1-14(15-7-5-4-6-8-15)23-19(20-2)22-12-11-21-17-10-9-16(29(3,27)28)13-18(17)24(25)26;/h4-10,13-14,21H,11-12H2,1-3H3,(H2,20,22,23);1H. The molecule has 0 aliphatic carbocycles. The normalized spacial score (nSPS) is 12.4. The Bertz CT molecular complexity index is 984. The van der Waals surface area contributed by atoms with Gasteiger partial charge in [-0.05, 0) is 24.6 Å². The second-order valence-electron chi connectivity index (χ2n) is 6.41. The first-order valence-electron chi connectivity index (χ1n) is 8.97. The van der Waals surface area contributed by atoms with Gasteiger partial charge in [0.05, 0.1) is 15.9 Å². The van der Waals surface area contributed by atoms with Gasteiger partial charge in [-0.2, -0.15) is 0 Å². The van der Waals surface area contributed by atoms with Gasteiger partial charge in [-0.1, -0.05) is 30.3 Å². The van der Waals surface area contributed by atoms with Crippen molar-refractivity contribution in [2.75, 3.05) is 31.7 Å². The molecule has 164 valence electrons. The number of nitro groups is 1. The lowest BCUT2D eigenvalue weighted by Crippen LogP contribution is -2.40. The molecule has 9 nitrogen and oxygen atoms in total. The highest BCUT2D eigenvalue weighted by Crippen LogP contribution is 2.27. The Morgan fingerprint density at radius 2 is 1.83 bits per heavy atom. The van der Waals surface area contributed by atoms with Gasteiger partial charge < -0.3 is 16.0 Å². The minimum absolute atomic E-state index is 0. The largest absolute Gasteiger partial charge is 0.378 e. The van der Waals surface area contributed by atoms with Gasteiger partial charge in [-0.3, -0.25) is 15.1 Å². The molecule has 1 atom stereocenters. The topological polar surface area (TPSA) is 126 Å². The molecule has 0 bridgehead atoms. The quantitative estimate of drug-likeness (QED) is 0.116. The van der Waals surface area contributed by atoms with Gasteiger partial charge in [0.25, 0.3) is 5.69 Å². The number of anilines is 1. The first-order valence-corrected chi connectivity index (χ1v) is 10.9. The number of aliphatic imine (C=N–C) groups is 1. The summed E-state index contributed by atoms with van der Waals surface area (Å²) >= 11 is 0. The number of hydrogen-bond acceptors (Lipinski definition) is 6. The minimum Gasteiger partial charge on any atom is -0.378 e.